The molecule has 7 rings (SSSR count). The number of halogens is 2. The number of hydrogen-bond acceptors (Lipinski definition) is 3. The first-order valence-corrected chi connectivity index (χ1v) is 14.1. The Morgan fingerprint density at radius 3 is 1.90 bits per heavy atom. The van der Waals surface area contributed by atoms with Crippen LogP contribution in [-0.4, -0.2) is 35.3 Å². The summed E-state index contributed by atoms with van der Waals surface area (Å²) in [6.45, 7) is 2.06. The van der Waals surface area contributed by atoms with Crippen molar-refractivity contribution in [2.24, 2.45) is 5.41 Å². The number of rotatable bonds is 6. The Balaban J connectivity index is 1.49. The predicted molar refractivity (Wildman–Crippen MR) is 156 cm³/mol. The largest absolute Gasteiger partial charge is 0.316 e. The van der Waals surface area contributed by atoms with Crippen LogP contribution in [0.3, 0.4) is 0 Å². The highest BCUT2D eigenvalue weighted by Gasteiger charge is 2.49. The van der Waals surface area contributed by atoms with Crippen molar-refractivity contribution < 1.29 is 13.6 Å². The van der Waals surface area contributed by atoms with Gasteiger partial charge in [-0.1, -0.05) is 91.0 Å². The van der Waals surface area contributed by atoms with E-state index in [0.29, 0.717) is 29.7 Å². The van der Waals surface area contributed by atoms with Gasteiger partial charge < -0.3 is 10.2 Å². The molecule has 2 aliphatic heterocycles. The monoisotopic (exact) mass is 548 g/mol. The third kappa shape index (κ3) is 3.90. The summed E-state index contributed by atoms with van der Waals surface area (Å²) in [5, 5.41) is 8.37. The fraction of sp³-hybridized carbons (Fsp3) is 0.235. The lowest BCUT2D eigenvalue weighted by atomic mass is 9.77. The number of anilines is 1. The first-order valence-electron chi connectivity index (χ1n) is 14.1. The van der Waals surface area contributed by atoms with E-state index in [1.54, 1.807) is 15.6 Å². The Labute approximate surface area is 237 Å². The number of carbonyl (C=O) groups excluding carboxylic acids is 1. The first kappa shape index (κ1) is 25.6. The van der Waals surface area contributed by atoms with E-state index in [1.165, 1.54) is 0 Å². The number of alkyl halides is 2. The average molecular weight is 549 g/mol. The molecule has 1 N–H and O–H groups in total. The third-order valence-electron chi connectivity index (χ3n) is 8.86. The minimum Gasteiger partial charge on any atom is -0.316 e. The molecule has 206 valence electrons. The van der Waals surface area contributed by atoms with Crippen LogP contribution in [-0.2, 0) is 10.3 Å². The van der Waals surface area contributed by atoms with Crippen molar-refractivity contribution in [1.29, 1.82) is 0 Å². The molecule has 5 nitrogen and oxygen atoms in total. The summed E-state index contributed by atoms with van der Waals surface area (Å²) >= 11 is 0. The van der Waals surface area contributed by atoms with Crippen LogP contribution in [0.5, 0.6) is 0 Å². The number of amides is 1. The highest BCUT2D eigenvalue weighted by Crippen LogP contribution is 2.45. The zero-order valence-corrected chi connectivity index (χ0v) is 22.5. The second kappa shape index (κ2) is 9.93. The summed E-state index contributed by atoms with van der Waals surface area (Å²) in [6, 6.07) is 35.1. The minimum absolute atomic E-state index is 0.0695. The van der Waals surface area contributed by atoms with Crippen LogP contribution in [0.15, 0.2) is 109 Å². The van der Waals surface area contributed by atoms with Crippen molar-refractivity contribution >= 4 is 22.5 Å². The molecule has 0 saturated carbocycles. The van der Waals surface area contributed by atoms with E-state index < -0.39 is 17.4 Å². The molecule has 1 spiro atoms. The summed E-state index contributed by atoms with van der Waals surface area (Å²) in [7, 11) is 0. The lowest BCUT2D eigenvalue weighted by molar-refractivity contribution is -0.124. The molecule has 7 heteroatoms. The summed E-state index contributed by atoms with van der Waals surface area (Å²) in [4.78, 5) is 15.3. The van der Waals surface area contributed by atoms with E-state index in [0.717, 1.165) is 36.1 Å². The van der Waals surface area contributed by atoms with Crippen LogP contribution in [0, 0.1) is 5.41 Å². The molecule has 1 aromatic heterocycles. The maximum absolute atomic E-state index is 14.8. The highest BCUT2D eigenvalue weighted by molar-refractivity contribution is 6.02. The van der Waals surface area contributed by atoms with Crippen LogP contribution in [0.25, 0.3) is 10.9 Å². The molecule has 0 radical (unpaired) electrons. The van der Waals surface area contributed by atoms with E-state index in [2.05, 4.69) is 5.32 Å². The standard InChI is InChI=1S/C34H30F2N4O/c35-31(36)30-28-22-27(39-21-19-33(32(39)41)18-20-37-23-33)16-17-29(28)40(38-30)34(24-10-4-1-5-11-24,25-12-6-2-7-13-25)26-14-8-3-9-15-26/h1-17,22,31,37H,18-21,23H2. The van der Waals surface area contributed by atoms with Crippen LogP contribution in [0.2, 0.25) is 0 Å². The van der Waals surface area contributed by atoms with Gasteiger partial charge in [-0.3, -0.25) is 4.79 Å². The second-order valence-corrected chi connectivity index (χ2v) is 11.0. The minimum atomic E-state index is -2.80. The van der Waals surface area contributed by atoms with Crippen molar-refractivity contribution in [3.05, 3.63) is 132 Å². The van der Waals surface area contributed by atoms with E-state index >= 15 is 0 Å². The van der Waals surface area contributed by atoms with E-state index in [4.69, 9.17) is 5.10 Å². The molecule has 2 saturated heterocycles. The third-order valence-corrected chi connectivity index (χ3v) is 8.86. The first-order chi connectivity index (χ1) is 20.0. The molecular formula is C34H30F2N4O. The number of fused-ring (bicyclic) bond motifs is 1. The van der Waals surface area contributed by atoms with Gasteiger partial charge in [-0.15, -0.1) is 0 Å². The molecule has 0 bridgehead atoms. The molecule has 4 aromatic carbocycles. The van der Waals surface area contributed by atoms with Crippen LogP contribution < -0.4 is 10.2 Å². The average Bonchev–Trinajstić information content (AvgIpc) is 3.74. The van der Waals surface area contributed by atoms with Crippen molar-refractivity contribution in [1.82, 2.24) is 15.1 Å². The number of aromatic nitrogens is 2. The van der Waals surface area contributed by atoms with E-state index in [9.17, 15) is 13.6 Å². The fourth-order valence-electron chi connectivity index (χ4n) is 6.83. The van der Waals surface area contributed by atoms with Crippen LogP contribution in [0.4, 0.5) is 14.5 Å². The summed E-state index contributed by atoms with van der Waals surface area (Å²) < 4.78 is 31.3. The number of nitrogens with one attached hydrogen (secondary N) is 1. The topological polar surface area (TPSA) is 50.2 Å². The van der Waals surface area contributed by atoms with Gasteiger partial charge in [0.05, 0.1) is 10.9 Å². The summed E-state index contributed by atoms with van der Waals surface area (Å²) in [5.41, 5.74) is 2.19. The second-order valence-electron chi connectivity index (χ2n) is 11.0. The maximum atomic E-state index is 14.8. The van der Waals surface area contributed by atoms with Crippen molar-refractivity contribution in [2.45, 2.75) is 24.8 Å². The molecule has 41 heavy (non-hydrogen) atoms. The normalized spacial score (nSPS) is 19.2. The quantitative estimate of drug-likeness (QED) is 0.246. The molecular weight excluding hydrogens is 518 g/mol. The Morgan fingerprint density at radius 2 is 1.39 bits per heavy atom. The van der Waals surface area contributed by atoms with Gasteiger partial charge in [-0.05, 0) is 54.3 Å². The van der Waals surface area contributed by atoms with Gasteiger partial charge in [-0.2, -0.15) is 5.10 Å². The van der Waals surface area contributed by atoms with Gasteiger partial charge in [0.25, 0.3) is 6.43 Å². The number of benzene rings is 4. The number of carbonyl (C=O) groups is 1. The smallest absolute Gasteiger partial charge is 0.282 e. The lowest BCUT2D eigenvalue weighted by Crippen LogP contribution is -2.38. The van der Waals surface area contributed by atoms with Gasteiger partial charge in [0.2, 0.25) is 5.91 Å². The van der Waals surface area contributed by atoms with E-state index in [-0.39, 0.29) is 11.6 Å². The molecule has 0 aliphatic carbocycles. The van der Waals surface area contributed by atoms with Gasteiger partial charge in [0.15, 0.2) is 0 Å². The molecule has 5 aromatic rings. The van der Waals surface area contributed by atoms with Gasteiger partial charge in [0.1, 0.15) is 11.2 Å². The Bertz CT molecular complexity index is 1600. The molecule has 1 atom stereocenters. The summed E-state index contributed by atoms with van der Waals surface area (Å²) in [5.74, 6) is 0.0695. The molecule has 1 amide bonds. The van der Waals surface area contributed by atoms with Crippen LogP contribution in [0.1, 0.15) is 41.7 Å². The van der Waals surface area contributed by atoms with Crippen molar-refractivity contribution in [3.8, 4) is 0 Å². The Hall–Kier alpha value is -4.36. The van der Waals surface area contributed by atoms with Crippen LogP contribution >= 0.6 is 0 Å². The maximum Gasteiger partial charge on any atom is 0.282 e. The Morgan fingerprint density at radius 1 is 0.805 bits per heavy atom. The highest BCUT2D eigenvalue weighted by atomic mass is 19.3. The lowest BCUT2D eigenvalue weighted by Gasteiger charge is -2.37. The van der Waals surface area contributed by atoms with Gasteiger partial charge in [-0.25, -0.2) is 13.5 Å². The zero-order valence-electron chi connectivity index (χ0n) is 22.5. The zero-order chi connectivity index (χ0) is 28.0. The molecule has 1 unspecified atom stereocenters. The number of nitrogens with zero attached hydrogens (tertiary/aromatic N) is 3. The predicted octanol–water partition coefficient (Wildman–Crippen LogP) is 6.53. The molecule has 3 heterocycles. The van der Waals surface area contributed by atoms with Gasteiger partial charge in [0, 0.05) is 24.2 Å². The van der Waals surface area contributed by atoms with Crippen molar-refractivity contribution in [3.63, 3.8) is 0 Å². The Kier molecular flexibility index (Phi) is 6.20. The van der Waals surface area contributed by atoms with Gasteiger partial charge >= 0.3 is 0 Å². The molecule has 2 fully saturated rings. The van der Waals surface area contributed by atoms with E-state index in [1.807, 2.05) is 103 Å². The summed E-state index contributed by atoms with van der Waals surface area (Å²) in [6.07, 6.45) is -1.23. The molecule has 2 aliphatic rings. The number of hydrogen-bond donors (Lipinski definition) is 1. The fourth-order valence-corrected chi connectivity index (χ4v) is 6.83. The van der Waals surface area contributed by atoms with Crippen molar-refractivity contribution in [2.75, 3.05) is 24.5 Å². The SMILES string of the molecule is O=C1N(c2ccc3c(c2)c(C(F)F)nn3C(c2ccccc2)(c2ccccc2)c2ccccc2)CCC12CCNC2.